The van der Waals surface area contributed by atoms with Gasteiger partial charge in [0.25, 0.3) is 5.91 Å². The molecule has 0 radical (unpaired) electrons. The van der Waals surface area contributed by atoms with Crippen LogP contribution in [0.5, 0.6) is 0 Å². The van der Waals surface area contributed by atoms with Gasteiger partial charge in [0, 0.05) is 23.7 Å². The lowest BCUT2D eigenvalue weighted by molar-refractivity contribution is -0.139. The molecule has 9 nitrogen and oxygen atoms in total. The summed E-state index contributed by atoms with van der Waals surface area (Å²) in [6.45, 7) is 4.03. The first-order valence-electron chi connectivity index (χ1n) is 11.0. The molecule has 3 atom stereocenters. The molecular weight excluding hydrogens is 408 g/mol. The summed E-state index contributed by atoms with van der Waals surface area (Å²) < 4.78 is 3.34. The van der Waals surface area contributed by atoms with Crippen molar-refractivity contribution < 1.29 is 14.4 Å². The van der Waals surface area contributed by atoms with E-state index in [0.717, 1.165) is 12.1 Å². The summed E-state index contributed by atoms with van der Waals surface area (Å²) in [6, 6.07) is 8.96. The Morgan fingerprint density at radius 3 is 2.62 bits per heavy atom. The average Bonchev–Trinajstić information content (AvgIpc) is 3.10. The molecule has 166 valence electrons. The number of nitrogens with two attached hydrogens (primary N) is 1. The van der Waals surface area contributed by atoms with Crippen LogP contribution in [0, 0.1) is 5.92 Å². The van der Waals surface area contributed by atoms with E-state index in [9.17, 15) is 14.4 Å². The predicted octanol–water partition coefficient (Wildman–Crippen LogP) is 1.71. The molecule has 0 unspecified atom stereocenters. The Kier molecular flexibility index (Phi) is 4.83. The highest BCUT2D eigenvalue weighted by Crippen LogP contribution is 2.48. The Balaban J connectivity index is 1.35. The van der Waals surface area contributed by atoms with Gasteiger partial charge in [-0.05, 0) is 44.7 Å². The van der Waals surface area contributed by atoms with E-state index < -0.39 is 11.9 Å². The van der Waals surface area contributed by atoms with Crippen LogP contribution in [-0.2, 0) is 22.6 Å². The van der Waals surface area contributed by atoms with Gasteiger partial charge in [0.05, 0.1) is 23.7 Å². The molecular formula is C23H26N6O3. The lowest BCUT2D eigenvalue weighted by Crippen LogP contribution is -2.45. The van der Waals surface area contributed by atoms with Gasteiger partial charge < -0.3 is 10.6 Å². The number of rotatable bonds is 7. The van der Waals surface area contributed by atoms with Crippen LogP contribution in [0.1, 0.15) is 48.9 Å². The number of ketones is 1. The van der Waals surface area contributed by atoms with Gasteiger partial charge in [0.1, 0.15) is 6.54 Å². The summed E-state index contributed by atoms with van der Waals surface area (Å²) >= 11 is 0. The predicted molar refractivity (Wildman–Crippen MR) is 117 cm³/mol. The molecule has 2 fully saturated rings. The number of nitrogens with zero attached hydrogens (tertiary/aromatic N) is 5. The molecule has 1 aromatic carbocycles. The van der Waals surface area contributed by atoms with E-state index >= 15 is 0 Å². The third-order valence-corrected chi connectivity index (χ3v) is 6.49. The summed E-state index contributed by atoms with van der Waals surface area (Å²) in [5, 5.41) is 9.39. The number of piperidine rings is 1. The molecule has 0 bridgehead atoms. The number of benzene rings is 1. The number of hydrogen-bond acceptors (Lipinski definition) is 5. The van der Waals surface area contributed by atoms with E-state index in [-0.39, 0.29) is 42.4 Å². The zero-order chi connectivity index (χ0) is 22.6. The molecule has 3 aromatic rings. The van der Waals surface area contributed by atoms with Crippen molar-refractivity contribution >= 4 is 28.5 Å². The molecule has 32 heavy (non-hydrogen) atoms. The molecule has 2 aromatic heterocycles. The van der Waals surface area contributed by atoms with Crippen molar-refractivity contribution in [2.45, 2.75) is 57.8 Å². The number of fused-ring (bicyclic) bond motifs is 2. The van der Waals surface area contributed by atoms with Crippen LogP contribution in [0.3, 0.4) is 0 Å². The van der Waals surface area contributed by atoms with E-state index in [1.807, 2.05) is 36.9 Å². The molecule has 5 rings (SSSR count). The Morgan fingerprint density at radius 1 is 1.12 bits per heavy atom. The fourth-order valence-electron chi connectivity index (χ4n) is 4.80. The number of para-hydroxylation sites is 1. The highest BCUT2D eigenvalue weighted by Gasteiger charge is 2.55. The molecule has 2 N–H and O–H groups in total. The van der Waals surface area contributed by atoms with Crippen molar-refractivity contribution in [2.75, 3.05) is 0 Å². The molecule has 2 aliphatic rings. The quantitative estimate of drug-likeness (QED) is 0.608. The highest BCUT2D eigenvalue weighted by atomic mass is 16.2. The number of carbonyl (C=O) groups is 3. The van der Waals surface area contributed by atoms with E-state index in [1.54, 1.807) is 23.1 Å². The largest absolute Gasteiger partial charge is 0.364 e. The summed E-state index contributed by atoms with van der Waals surface area (Å²) in [7, 11) is 0. The zero-order valence-electron chi connectivity index (χ0n) is 18.1. The Labute approximate surface area is 185 Å². The van der Waals surface area contributed by atoms with E-state index in [0.29, 0.717) is 23.2 Å². The van der Waals surface area contributed by atoms with Crippen LogP contribution in [0.15, 0.2) is 36.5 Å². The average molecular weight is 435 g/mol. The monoisotopic (exact) mass is 434 g/mol. The lowest BCUT2D eigenvalue weighted by Gasteiger charge is -2.26. The highest BCUT2D eigenvalue weighted by molar-refractivity contribution is 6.04. The molecule has 9 heteroatoms. The second-order valence-electron chi connectivity index (χ2n) is 9.03. The Morgan fingerprint density at radius 2 is 1.91 bits per heavy atom. The first-order valence-corrected chi connectivity index (χ1v) is 11.0. The standard InChI is InChI=1S/C23H26N6O3/c1-13(2)27-8-7-15(25-27)11-20(30)19-10-14-9-18(14)29(19)21(31)12-28-17-6-4-3-5-16(17)22(26-28)23(24)32/h3-8,13-14,18-19H,9-12H2,1-2H3,(H2,24,32)/t14-,18-,19+/m1/s1. The van der Waals surface area contributed by atoms with Gasteiger partial charge >= 0.3 is 0 Å². The smallest absolute Gasteiger partial charge is 0.269 e. The maximum absolute atomic E-state index is 13.3. The van der Waals surface area contributed by atoms with Crippen LogP contribution >= 0.6 is 0 Å². The van der Waals surface area contributed by atoms with Crippen LogP contribution in [-0.4, -0.2) is 54.1 Å². The van der Waals surface area contributed by atoms with Gasteiger partial charge in [-0.25, -0.2) is 0 Å². The summed E-state index contributed by atoms with van der Waals surface area (Å²) in [5.41, 5.74) is 7.01. The van der Waals surface area contributed by atoms with Crippen LogP contribution < -0.4 is 5.73 Å². The van der Waals surface area contributed by atoms with Crippen LogP contribution in [0.25, 0.3) is 10.9 Å². The minimum Gasteiger partial charge on any atom is -0.364 e. The summed E-state index contributed by atoms with van der Waals surface area (Å²) in [6.07, 6.45) is 3.72. The molecule has 1 aliphatic heterocycles. The summed E-state index contributed by atoms with van der Waals surface area (Å²) in [5.74, 6) is -0.394. The van der Waals surface area contributed by atoms with E-state index in [1.165, 1.54) is 4.68 Å². The maximum atomic E-state index is 13.3. The third kappa shape index (κ3) is 3.47. The second kappa shape index (κ2) is 7.58. The van der Waals surface area contributed by atoms with Crippen LogP contribution in [0.2, 0.25) is 0 Å². The zero-order valence-corrected chi connectivity index (χ0v) is 18.1. The van der Waals surface area contributed by atoms with Crippen molar-refractivity contribution in [1.29, 1.82) is 0 Å². The van der Waals surface area contributed by atoms with Gasteiger partial charge in [0.2, 0.25) is 5.91 Å². The molecule has 2 amide bonds. The van der Waals surface area contributed by atoms with Crippen LogP contribution in [0.4, 0.5) is 0 Å². The number of aromatic nitrogens is 4. The number of primary amides is 1. The van der Waals surface area contributed by atoms with Gasteiger partial charge in [-0.3, -0.25) is 23.7 Å². The first kappa shape index (κ1) is 20.4. The van der Waals surface area contributed by atoms with Crippen molar-refractivity contribution in [3.63, 3.8) is 0 Å². The maximum Gasteiger partial charge on any atom is 0.269 e. The second-order valence-corrected chi connectivity index (χ2v) is 9.03. The van der Waals surface area contributed by atoms with Gasteiger partial charge in [-0.2, -0.15) is 10.2 Å². The minimum atomic E-state index is -0.635. The molecule has 0 spiro atoms. The third-order valence-electron chi connectivity index (χ3n) is 6.49. The molecule has 1 saturated carbocycles. The molecule has 1 aliphatic carbocycles. The minimum absolute atomic E-state index is 0.0164. The first-order chi connectivity index (χ1) is 15.3. The molecule has 3 heterocycles. The summed E-state index contributed by atoms with van der Waals surface area (Å²) in [4.78, 5) is 39.9. The van der Waals surface area contributed by atoms with Crippen molar-refractivity contribution in [3.8, 4) is 0 Å². The number of amides is 2. The fourth-order valence-corrected chi connectivity index (χ4v) is 4.80. The van der Waals surface area contributed by atoms with Crippen molar-refractivity contribution in [1.82, 2.24) is 24.5 Å². The molecule has 1 saturated heterocycles. The number of hydrogen-bond donors (Lipinski definition) is 1. The topological polar surface area (TPSA) is 116 Å². The SMILES string of the molecule is CC(C)n1ccc(CC(=O)[C@@H]2C[C@H]3C[C@H]3N2C(=O)Cn2nc(C(N)=O)c3ccccc32)n1. The van der Waals surface area contributed by atoms with E-state index in [4.69, 9.17) is 5.73 Å². The fraction of sp³-hybridized carbons (Fsp3) is 0.435. The van der Waals surface area contributed by atoms with Gasteiger partial charge in [-0.1, -0.05) is 18.2 Å². The van der Waals surface area contributed by atoms with Gasteiger partial charge in [0.15, 0.2) is 11.5 Å². The van der Waals surface area contributed by atoms with Crippen molar-refractivity contribution in [2.24, 2.45) is 11.7 Å². The Hall–Kier alpha value is -3.49. The lowest BCUT2D eigenvalue weighted by atomic mass is 10.0. The number of carbonyl (C=O) groups excluding carboxylic acids is 3. The van der Waals surface area contributed by atoms with E-state index in [2.05, 4.69) is 10.2 Å². The van der Waals surface area contributed by atoms with Gasteiger partial charge in [-0.15, -0.1) is 0 Å². The normalized spacial score (nSPS) is 21.8. The number of Topliss-reactive ketones (excluding diaryl/α,β-unsaturated/α-hetero) is 1. The Bertz CT molecular complexity index is 1230. The van der Waals surface area contributed by atoms with Crippen molar-refractivity contribution in [3.05, 3.63) is 47.9 Å². The number of likely N-dealkylation sites (tertiary alicyclic amines) is 1.